The van der Waals surface area contributed by atoms with Gasteiger partial charge < -0.3 is 14.9 Å². The molecule has 2 fully saturated rings. The second kappa shape index (κ2) is 4.31. The molecule has 0 unspecified atom stereocenters. The van der Waals surface area contributed by atoms with Gasteiger partial charge in [-0.25, -0.2) is 9.59 Å². The van der Waals surface area contributed by atoms with Gasteiger partial charge in [0.1, 0.15) is 6.04 Å². The molecule has 1 N–H and O–H groups in total. The Morgan fingerprint density at radius 1 is 1.38 bits per heavy atom. The van der Waals surface area contributed by atoms with Crippen LogP contribution in [0.3, 0.4) is 0 Å². The maximum atomic E-state index is 12.0. The van der Waals surface area contributed by atoms with Crippen LogP contribution >= 0.6 is 0 Å². The van der Waals surface area contributed by atoms with Crippen LogP contribution in [0.5, 0.6) is 0 Å². The van der Waals surface area contributed by atoms with Gasteiger partial charge in [-0.1, -0.05) is 0 Å². The van der Waals surface area contributed by atoms with Gasteiger partial charge in [-0.3, -0.25) is 0 Å². The van der Waals surface area contributed by atoms with Crippen LogP contribution < -0.4 is 0 Å². The van der Waals surface area contributed by atoms with E-state index in [1.54, 1.807) is 11.9 Å². The van der Waals surface area contributed by atoms with Crippen LogP contribution in [0.1, 0.15) is 25.7 Å². The summed E-state index contributed by atoms with van der Waals surface area (Å²) < 4.78 is 0. The SMILES string of the molecule is CN(CC1CC1)C(=O)N1CCC[C@H]1C(=O)O. The smallest absolute Gasteiger partial charge is 0.326 e. The summed E-state index contributed by atoms with van der Waals surface area (Å²) in [6.45, 7) is 1.34. The molecule has 1 heterocycles. The van der Waals surface area contributed by atoms with Gasteiger partial charge in [0.15, 0.2) is 0 Å². The van der Waals surface area contributed by atoms with Crippen molar-refractivity contribution in [2.45, 2.75) is 31.7 Å². The van der Waals surface area contributed by atoms with E-state index < -0.39 is 12.0 Å². The maximum Gasteiger partial charge on any atom is 0.326 e. The summed E-state index contributed by atoms with van der Waals surface area (Å²) in [6, 6.07) is -0.744. The predicted octanol–water partition coefficient (Wildman–Crippen LogP) is 0.997. The third-order valence-electron chi connectivity index (χ3n) is 3.34. The fraction of sp³-hybridized carbons (Fsp3) is 0.818. The minimum Gasteiger partial charge on any atom is -0.480 e. The van der Waals surface area contributed by atoms with Gasteiger partial charge in [0, 0.05) is 20.1 Å². The van der Waals surface area contributed by atoms with Crippen LogP contribution in [0.4, 0.5) is 4.79 Å². The largest absolute Gasteiger partial charge is 0.480 e. The molecule has 16 heavy (non-hydrogen) atoms. The van der Waals surface area contributed by atoms with E-state index in [-0.39, 0.29) is 6.03 Å². The van der Waals surface area contributed by atoms with Crippen molar-refractivity contribution in [1.82, 2.24) is 9.80 Å². The number of carboxylic acid groups (broad SMARTS) is 1. The molecule has 2 aliphatic rings. The number of carbonyl (C=O) groups excluding carboxylic acids is 1. The standard InChI is InChI=1S/C11H18N2O3/c1-12(7-8-4-5-8)11(16)13-6-2-3-9(13)10(14)15/h8-9H,2-7H2,1H3,(H,14,15)/t9-/m0/s1. The molecule has 0 aromatic rings. The zero-order chi connectivity index (χ0) is 11.7. The number of carboxylic acids is 1. The minimum absolute atomic E-state index is 0.128. The Kier molecular flexibility index (Phi) is 3.03. The van der Waals surface area contributed by atoms with E-state index in [9.17, 15) is 9.59 Å². The highest BCUT2D eigenvalue weighted by molar-refractivity contribution is 5.83. The molecule has 1 aliphatic heterocycles. The summed E-state index contributed by atoms with van der Waals surface area (Å²) >= 11 is 0. The topological polar surface area (TPSA) is 60.9 Å². The minimum atomic E-state index is -0.884. The molecule has 0 spiro atoms. The number of hydrogen-bond donors (Lipinski definition) is 1. The number of rotatable bonds is 3. The van der Waals surface area contributed by atoms with Gasteiger partial charge in [-0.2, -0.15) is 0 Å². The zero-order valence-corrected chi connectivity index (χ0v) is 9.56. The first-order chi connectivity index (χ1) is 7.59. The second-order valence-electron chi connectivity index (χ2n) is 4.80. The first kappa shape index (κ1) is 11.2. The molecule has 0 bridgehead atoms. The molecule has 1 atom stereocenters. The maximum absolute atomic E-state index is 12.0. The Morgan fingerprint density at radius 2 is 2.06 bits per heavy atom. The molecule has 0 aromatic carbocycles. The molecular weight excluding hydrogens is 208 g/mol. The van der Waals surface area contributed by atoms with Crippen LogP contribution in [-0.2, 0) is 4.79 Å². The Hall–Kier alpha value is -1.26. The Balaban J connectivity index is 1.93. The summed E-state index contributed by atoms with van der Waals surface area (Å²) in [5, 5.41) is 9.00. The fourth-order valence-corrected chi connectivity index (χ4v) is 2.24. The van der Waals surface area contributed by atoms with Crippen molar-refractivity contribution in [2.75, 3.05) is 20.1 Å². The molecule has 0 radical (unpaired) electrons. The first-order valence-electron chi connectivity index (χ1n) is 5.84. The fourth-order valence-electron chi connectivity index (χ4n) is 2.24. The van der Waals surface area contributed by atoms with E-state index in [1.807, 2.05) is 0 Å². The molecule has 1 aliphatic carbocycles. The Labute approximate surface area is 95.0 Å². The Morgan fingerprint density at radius 3 is 2.62 bits per heavy atom. The van der Waals surface area contributed by atoms with Gasteiger partial charge in [-0.05, 0) is 31.6 Å². The number of likely N-dealkylation sites (tertiary alicyclic amines) is 1. The second-order valence-corrected chi connectivity index (χ2v) is 4.80. The molecule has 1 saturated heterocycles. The summed E-state index contributed by atoms with van der Waals surface area (Å²) in [5.74, 6) is -0.245. The van der Waals surface area contributed by atoms with Gasteiger partial charge in [0.25, 0.3) is 0 Å². The molecular formula is C11H18N2O3. The predicted molar refractivity (Wildman–Crippen MR) is 58.1 cm³/mol. The van der Waals surface area contributed by atoms with Gasteiger partial charge >= 0.3 is 12.0 Å². The van der Waals surface area contributed by atoms with E-state index in [2.05, 4.69) is 0 Å². The van der Waals surface area contributed by atoms with Crippen molar-refractivity contribution in [1.29, 1.82) is 0 Å². The number of urea groups is 1. The zero-order valence-electron chi connectivity index (χ0n) is 9.56. The molecule has 5 heteroatoms. The lowest BCUT2D eigenvalue weighted by molar-refractivity contribution is -0.141. The van der Waals surface area contributed by atoms with Crippen LogP contribution in [-0.4, -0.2) is 53.1 Å². The van der Waals surface area contributed by atoms with Crippen LogP contribution in [0.25, 0.3) is 0 Å². The van der Waals surface area contributed by atoms with Crippen molar-refractivity contribution in [3.8, 4) is 0 Å². The van der Waals surface area contributed by atoms with Gasteiger partial charge in [0.2, 0.25) is 0 Å². The molecule has 1 saturated carbocycles. The van der Waals surface area contributed by atoms with Crippen molar-refractivity contribution in [2.24, 2.45) is 5.92 Å². The summed E-state index contributed by atoms with van der Waals surface area (Å²) in [7, 11) is 1.76. The van der Waals surface area contributed by atoms with Crippen molar-refractivity contribution >= 4 is 12.0 Å². The normalized spacial score (nSPS) is 24.6. The summed E-state index contributed by atoms with van der Waals surface area (Å²) in [4.78, 5) is 26.1. The van der Waals surface area contributed by atoms with Crippen molar-refractivity contribution in [3.63, 3.8) is 0 Å². The molecule has 2 amide bonds. The number of amides is 2. The van der Waals surface area contributed by atoms with Crippen LogP contribution in [0.2, 0.25) is 0 Å². The lowest BCUT2D eigenvalue weighted by Crippen LogP contribution is -2.47. The summed E-state index contributed by atoms with van der Waals surface area (Å²) in [5.41, 5.74) is 0. The molecule has 5 nitrogen and oxygen atoms in total. The number of nitrogens with zero attached hydrogens (tertiary/aromatic N) is 2. The van der Waals surface area contributed by atoms with Gasteiger partial charge in [0.05, 0.1) is 0 Å². The van der Waals surface area contributed by atoms with E-state index in [0.29, 0.717) is 18.9 Å². The molecule has 90 valence electrons. The highest BCUT2D eigenvalue weighted by atomic mass is 16.4. The van der Waals surface area contributed by atoms with E-state index in [0.717, 1.165) is 13.0 Å². The average Bonchev–Trinajstić information content (AvgIpc) is 2.91. The highest BCUT2D eigenvalue weighted by Gasteiger charge is 2.36. The number of carbonyl (C=O) groups is 2. The lowest BCUT2D eigenvalue weighted by Gasteiger charge is -2.27. The summed E-state index contributed by atoms with van der Waals surface area (Å²) in [6.07, 6.45) is 3.76. The highest BCUT2D eigenvalue weighted by Crippen LogP contribution is 2.30. The number of hydrogen-bond acceptors (Lipinski definition) is 2. The lowest BCUT2D eigenvalue weighted by atomic mass is 10.2. The number of aliphatic carboxylic acids is 1. The first-order valence-corrected chi connectivity index (χ1v) is 5.84. The average molecular weight is 226 g/mol. The van der Waals surface area contributed by atoms with E-state index in [1.165, 1.54) is 17.7 Å². The molecule has 2 rings (SSSR count). The van der Waals surface area contributed by atoms with Crippen LogP contribution in [0, 0.1) is 5.92 Å². The molecule has 0 aromatic heterocycles. The quantitative estimate of drug-likeness (QED) is 0.780. The third-order valence-corrected chi connectivity index (χ3v) is 3.34. The third kappa shape index (κ3) is 2.28. The monoisotopic (exact) mass is 226 g/mol. The van der Waals surface area contributed by atoms with E-state index >= 15 is 0 Å². The van der Waals surface area contributed by atoms with Crippen molar-refractivity contribution < 1.29 is 14.7 Å². The van der Waals surface area contributed by atoms with Crippen molar-refractivity contribution in [3.05, 3.63) is 0 Å². The van der Waals surface area contributed by atoms with Crippen LogP contribution in [0.15, 0.2) is 0 Å². The van der Waals surface area contributed by atoms with Gasteiger partial charge in [-0.15, -0.1) is 0 Å². The Bertz CT molecular complexity index is 302. The van der Waals surface area contributed by atoms with E-state index in [4.69, 9.17) is 5.11 Å².